The van der Waals surface area contributed by atoms with Gasteiger partial charge in [-0.3, -0.25) is 14.8 Å². The minimum Gasteiger partial charge on any atom is -0.320 e. The van der Waals surface area contributed by atoms with Crippen molar-refractivity contribution < 1.29 is 18.0 Å². The molecule has 1 saturated heterocycles. The molecule has 2 aromatic carbocycles. The first-order chi connectivity index (χ1) is 12.1. The van der Waals surface area contributed by atoms with Crippen LogP contribution in [0.2, 0.25) is 10.0 Å². The molecule has 10 heteroatoms. The molecule has 7 nitrogen and oxygen atoms in total. The van der Waals surface area contributed by atoms with E-state index in [0.29, 0.717) is 5.56 Å². The highest BCUT2D eigenvalue weighted by Gasteiger charge is 2.43. The molecule has 0 saturated carbocycles. The molecule has 1 fully saturated rings. The second-order valence-corrected chi connectivity index (χ2v) is 8.29. The predicted molar refractivity (Wildman–Crippen MR) is 97.7 cm³/mol. The average molecular weight is 414 g/mol. The van der Waals surface area contributed by atoms with Crippen molar-refractivity contribution in [2.24, 2.45) is 0 Å². The van der Waals surface area contributed by atoms with Gasteiger partial charge in [-0.2, -0.15) is 0 Å². The number of imide groups is 1. The van der Waals surface area contributed by atoms with Crippen LogP contribution in [-0.4, -0.2) is 20.4 Å². The number of hydrogen-bond donors (Lipinski definition) is 3. The quantitative estimate of drug-likeness (QED) is 0.670. The Morgan fingerprint density at radius 3 is 2.46 bits per heavy atom. The first-order valence-electron chi connectivity index (χ1n) is 7.34. The second-order valence-electron chi connectivity index (χ2n) is 5.79. The smallest absolute Gasteiger partial charge is 0.320 e. The average Bonchev–Trinajstić information content (AvgIpc) is 2.83. The van der Waals surface area contributed by atoms with E-state index in [2.05, 4.69) is 15.4 Å². The molecule has 1 aliphatic heterocycles. The predicted octanol–water partition coefficient (Wildman–Crippen LogP) is 2.85. The Balaban J connectivity index is 1.96. The fraction of sp³-hybridized carbons (Fsp3) is 0.125. The van der Waals surface area contributed by atoms with E-state index in [9.17, 15) is 18.0 Å². The lowest BCUT2D eigenvalue weighted by atomic mass is 9.92. The summed E-state index contributed by atoms with van der Waals surface area (Å²) in [7, 11) is -4.01. The Bertz CT molecular complexity index is 1030. The van der Waals surface area contributed by atoms with Crippen LogP contribution in [0.1, 0.15) is 12.5 Å². The highest BCUT2D eigenvalue weighted by molar-refractivity contribution is 7.92. The minimum absolute atomic E-state index is 0.0208. The van der Waals surface area contributed by atoms with Gasteiger partial charge in [0, 0.05) is 10.7 Å². The number of urea groups is 1. The van der Waals surface area contributed by atoms with E-state index in [4.69, 9.17) is 23.2 Å². The van der Waals surface area contributed by atoms with E-state index in [1.54, 1.807) is 12.1 Å². The maximum absolute atomic E-state index is 12.6. The number of rotatable bonds is 4. The molecule has 136 valence electrons. The van der Waals surface area contributed by atoms with E-state index < -0.39 is 27.5 Å². The Kier molecular flexibility index (Phi) is 4.60. The van der Waals surface area contributed by atoms with Crippen LogP contribution in [-0.2, 0) is 20.4 Å². The van der Waals surface area contributed by atoms with Crippen LogP contribution in [0.4, 0.5) is 10.5 Å². The van der Waals surface area contributed by atoms with Crippen LogP contribution in [0.5, 0.6) is 0 Å². The lowest BCUT2D eigenvalue weighted by Crippen LogP contribution is -2.40. The summed E-state index contributed by atoms with van der Waals surface area (Å²) in [5.41, 5.74) is -0.682. The zero-order chi connectivity index (χ0) is 19.1. The summed E-state index contributed by atoms with van der Waals surface area (Å²) in [6, 6.07) is 9.63. The summed E-state index contributed by atoms with van der Waals surface area (Å²) >= 11 is 11.8. The largest absolute Gasteiger partial charge is 0.322 e. The van der Waals surface area contributed by atoms with Gasteiger partial charge in [-0.05, 0) is 42.8 Å². The third kappa shape index (κ3) is 3.35. The van der Waals surface area contributed by atoms with Crippen LogP contribution >= 0.6 is 23.2 Å². The summed E-state index contributed by atoms with van der Waals surface area (Å²) in [6.45, 7) is 1.52. The van der Waals surface area contributed by atoms with Crippen LogP contribution < -0.4 is 15.4 Å². The Morgan fingerprint density at radius 2 is 1.81 bits per heavy atom. The molecular formula is C16H13Cl2N3O4S. The molecule has 1 atom stereocenters. The van der Waals surface area contributed by atoms with Crippen molar-refractivity contribution in [2.45, 2.75) is 17.4 Å². The number of amides is 3. The van der Waals surface area contributed by atoms with Gasteiger partial charge in [0.15, 0.2) is 0 Å². The summed E-state index contributed by atoms with van der Waals surface area (Å²) in [5.74, 6) is -0.527. The Hall–Kier alpha value is -2.29. The molecule has 0 spiro atoms. The first kappa shape index (κ1) is 18.5. The van der Waals surface area contributed by atoms with E-state index in [-0.39, 0.29) is 20.6 Å². The number of sulfonamides is 1. The maximum Gasteiger partial charge on any atom is 0.322 e. The molecule has 26 heavy (non-hydrogen) atoms. The Labute approximate surface area is 159 Å². The fourth-order valence-electron chi connectivity index (χ4n) is 2.53. The van der Waals surface area contributed by atoms with Crippen molar-refractivity contribution in [1.29, 1.82) is 0 Å². The Morgan fingerprint density at radius 1 is 1.08 bits per heavy atom. The van der Waals surface area contributed by atoms with Gasteiger partial charge in [0.25, 0.3) is 15.9 Å². The van der Waals surface area contributed by atoms with Crippen molar-refractivity contribution in [1.82, 2.24) is 10.6 Å². The van der Waals surface area contributed by atoms with Gasteiger partial charge in [-0.25, -0.2) is 13.2 Å². The zero-order valence-electron chi connectivity index (χ0n) is 13.3. The van der Waals surface area contributed by atoms with Crippen LogP contribution in [0.3, 0.4) is 0 Å². The monoisotopic (exact) mass is 413 g/mol. The summed E-state index contributed by atoms with van der Waals surface area (Å²) in [5, 5.41) is 4.92. The number of carbonyl (C=O) groups is 2. The molecule has 1 unspecified atom stereocenters. The molecule has 0 aliphatic carbocycles. The van der Waals surface area contributed by atoms with E-state index in [0.717, 1.165) is 0 Å². The summed E-state index contributed by atoms with van der Waals surface area (Å²) in [4.78, 5) is 23.3. The molecule has 0 aromatic heterocycles. The number of benzene rings is 2. The van der Waals surface area contributed by atoms with Crippen LogP contribution in [0.15, 0.2) is 47.4 Å². The standard InChI is InChI=1S/C16H13Cl2N3O4S/c1-16(14(22)19-15(23)20-16)9-3-2-4-11(7-9)21-26(24,25)13-8-10(17)5-6-12(13)18/h2-8,21H,1H3,(H2,19,20,22,23). The third-order valence-corrected chi connectivity index (χ3v) is 6.02. The molecule has 0 radical (unpaired) electrons. The number of carbonyl (C=O) groups excluding carboxylic acids is 2. The van der Waals surface area contributed by atoms with Gasteiger partial charge in [0.05, 0.1) is 5.02 Å². The van der Waals surface area contributed by atoms with Crippen molar-refractivity contribution >= 4 is 50.9 Å². The maximum atomic E-state index is 12.6. The van der Waals surface area contributed by atoms with E-state index >= 15 is 0 Å². The SMILES string of the molecule is CC1(c2cccc(NS(=O)(=O)c3cc(Cl)ccc3Cl)c2)NC(=O)NC1=O. The molecular weight excluding hydrogens is 401 g/mol. The third-order valence-electron chi connectivity index (χ3n) is 3.92. The number of halogens is 2. The molecule has 1 heterocycles. The molecule has 3 N–H and O–H groups in total. The zero-order valence-corrected chi connectivity index (χ0v) is 15.7. The van der Waals surface area contributed by atoms with Crippen LogP contribution in [0, 0.1) is 0 Å². The highest BCUT2D eigenvalue weighted by Crippen LogP contribution is 2.29. The first-order valence-corrected chi connectivity index (χ1v) is 9.58. The minimum atomic E-state index is -4.01. The van der Waals surface area contributed by atoms with Crippen LogP contribution in [0.25, 0.3) is 0 Å². The van der Waals surface area contributed by atoms with Crippen molar-refractivity contribution in [3.05, 3.63) is 58.1 Å². The molecule has 2 aromatic rings. The number of hydrogen-bond acceptors (Lipinski definition) is 4. The van der Waals surface area contributed by atoms with Gasteiger partial charge < -0.3 is 5.32 Å². The van der Waals surface area contributed by atoms with Gasteiger partial charge in [-0.15, -0.1) is 0 Å². The summed E-state index contributed by atoms with van der Waals surface area (Å²) in [6.07, 6.45) is 0. The van der Waals surface area contributed by atoms with Crippen molar-refractivity contribution in [2.75, 3.05) is 4.72 Å². The van der Waals surface area contributed by atoms with Gasteiger partial charge >= 0.3 is 6.03 Å². The second kappa shape index (κ2) is 6.46. The van der Waals surface area contributed by atoms with Crippen molar-refractivity contribution in [3.63, 3.8) is 0 Å². The lowest BCUT2D eigenvalue weighted by molar-refractivity contribution is -0.123. The highest BCUT2D eigenvalue weighted by atomic mass is 35.5. The molecule has 3 rings (SSSR count). The van der Waals surface area contributed by atoms with E-state index in [1.807, 2.05) is 0 Å². The summed E-state index contributed by atoms with van der Waals surface area (Å²) < 4.78 is 27.6. The normalized spacial score (nSPS) is 19.8. The molecule has 1 aliphatic rings. The lowest BCUT2D eigenvalue weighted by Gasteiger charge is -2.22. The van der Waals surface area contributed by atoms with Gasteiger partial charge in [0.1, 0.15) is 10.4 Å². The fourth-order valence-corrected chi connectivity index (χ4v) is 4.35. The van der Waals surface area contributed by atoms with Gasteiger partial charge in [-0.1, -0.05) is 35.3 Å². The van der Waals surface area contributed by atoms with Gasteiger partial charge in [0.2, 0.25) is 0 Å². The molecule has 0 bridgehead atoms. The molecule has 3 amide bonds. The number of anilines is 1. The van der Waals surface area contributed by atoms with E-state index in [1.165, 1.54) is 37.3 Å². The van der Waals surface area contributed by atoms with Crippen molar-refractivity contribution in [3.8, 4) is 0 Å². The topological polar surface area (TPSA) is 104 Å². The number of nitrogens with one attached hydrogen (secondary N) is 3.